The van der Waals surface area contributed by atoms with Crippen LogP contribution in [0.3, 0.4) is 0 Å². The Bertz CT molecular complexity index is 385. The second kappa shape index (κ2) is 5.72. The van der Waals surface area contributed by atoms with Crippen LogP contribution in [0.5, 0.6) is 0 Å². The summed E-state index contributed by atoms with van der Waals surface area (Å²) in [4.78, 5) is 25.5. The molecular formula is C15H24N2O3. The summed E-state index contributed by atoms with van der Waals surface area (Å²) in [7, 11) is 0. The number of fused-ring (bicyclic) bond motifs is 1. The Labute approximate surface area is 119 Å². The van der Waals surface area contributed by atoms with Gasteiger partial charge in [0.15, 0.2) is 0 Å². The van der Waals surface area contributed by atoms with Crippen LogP contribution in [0.4, 0.5) is 0 Å². The lowest BCUT2D eigenvalue weighted by molar-refractivity contribution is -0.146. The molecule has 1 aliphatic carbocycles. The number of hydrogen-bond acceptors (Lipinski definition) is 3. The van der Waals surface area contributed by atoms with E-state index in [1.165, 1.54) is 25.7 Å². The Kier molecular flexibility index (Phi) is 3.96. The van der Waals surface area contributed by atoms with Crippen LogP contribution in [-0.2, 0) is 9.59 Å². The van der Waals surface area contributed by atoms with Crippen LogP contribution >= 0.6 is 0 Å². The number of nitrogens with one attached hydrogen (secondary N) is 1. The summed E-state index contributed by atoms with van der Waals surface area (Å²) < 4.78 is 0. The number of likely N-dealkylation sites (tertiary alicyclic amines) is 1. The van der Waals surface area contributed by atoms with Crippen molar-refractivity contribution in [1.82, 2.24) is 10.2 Å². The maximum atomic E-state index is 12.6. The van der Waals surface area contributed by atoms with Crippen molar-refractivity contribution in [2.24, 2.45) is 11.8 Å². The molecule has 4 atom stereocenters. The highest BCUT2D eigenvalue weighted by Gasteiger charge is 2.40. The first-order valence-corrected chi connectivity index (χ1v) is 7.93. The van der Waals surface area contributed by atoms with Crippen LogP contribution in [0, 0.1) is 11.8 Å². The zero-order valence-corrected chi connectivity index (χ0v) is 11.9. The van der Waals surface area contributed by atoms with E-state index < -0.39 is 5.97 Å². The minimum absolute atomic E-state index is 0.0735. The molecule has 2 N–H and O–H groups in total. The van der Waals surface area contributed by atoms with Crippen LogP contribution in [0.25, 0.3) is 0 Å². The number of carboxylic acids is 1. The van der Waals surface area contributed by atoms with Gasteiger partial charge in [-0.15, -0.1) is 0 Å². The van der Waals surface area contributed by atoms with E-state index in [1.54, 1.807) is 4.90 Å². The monoisotopic (exact) mass is 280 g/mol. The number of carboxylic acid groups (broad SMARTS) is 1. The Morgan fingerprint density at radius 1 is 1.10 bits per heavy atom. The fourth-order valence-electron chi connectivity index (χ4n) is 4.11. The maximum Gasteiger partial charge on any atom is 0.308 e. The molecule has 3 aliphatic rings. The Morgan fingerprint density at radius 3 is 2.65 bits per heavy atom. The molecule has 5 heteroatoms. The van der Waals surface area contributed by atoms with Crippen molar-refractivity contribution < 1.29 is 14.7 Å². The van der Waals surface area contributed by atoms with Crippen molar-refractivity contribution in [3.05, 3.63) is 0 Å². The van der Waals surface area contributed by atoms with E-state index in [0.717, 1.165) is 19.4 Å². The van der Waals surface area contributed by atoms with Crippen LogP contribution in [0.15, 0.2) is 0 Å². The quantitative estimate of drug-likeness (QED) is 0.798. The van der Waals surface area contributed by atoms with E-state index in [9.17, 15) is 9.59 Å². The molecule has 1 saturated carbocycles. The number of nitrogens with zero attached hydrogens (tertiary/aromatic N) is 1. The summed E-state index contributed by atoms with van der Waals surface area (Å²) in [5.74, 6) is -0.366. The number of piperidine rings is 1. The number of rotatable bonds is 2. The molecule has 5 nitrogen and oxygen atoms in total. The second-order valence-electron chi connectivity index (χ2n) is 6.57. The number of aliphatic carboxylic acids is 1. The van der Waals surface area contributed by atoms with Gasteiger partial charge in [0.1, 0.15) is 0 Å². The molecule has 2 aliphatic heterocycles. The van der Waals surface area contributed by atoms with E-state index in [1.807, 2.05) is 0 Å². The fraction of sp³-hybridized carbons (Fsp3) is 0.867. The van der Waals surface area contributed by atoms with Gasteiger partial charge in [-0.1, -0.05) is 12.8 Å². The topological polar surface area (TPSA) is 69.6 Å². The summed E-state index contributed by atoms with van der Waals surface area (Å²) in [6, 6.07) is 0.438. The molecule has 1 amide bonds. The summed E-state index contributed by atoms with van der Waals surface area (Å²) in [6.45, 7) is 1.11. The molecule has 0 aromatic heterocycles. The van der Waals surface area contributed by atoms with Gasteiger partial charge in [-0.2, -0.15) is 0 Å². The highest BCUT2D eigenvalue weighted by molar-refractivity contribution is 5.83. The third kappa shape index (κ3) is 2.68. The molecule has 112 valence electrons. The van der Waals surface area contributed by atoms with Gasteiger partial charge in [-0.25, -0.2) is 0 Å². The van der Waals surface area contributed by atoms with Gasteiger partial charge in [0, 0.05) is 19.1 Å². The molecule has 3 rings (SSSR count). The van der Waals surface area contributed by atoms with Gasteiger partial charge in [-0.05, 0) is 38.0 Å². The zero-order chi connectivity index (χ0) is 14.1. The average molecular weight is 280 g/mol. The van der Waals surface area contributed by atoms with Crippen LogP contribution in [0.2, 0.25) is 0 Å². The molecule has 0 spiro atoms. The normalized spacial score (nSPS) is 37.5. The standard InChI is InChI=1S/C15H24N2O3/c18-14(17-7-3-5-11(9-17)15(19)20)13-8-10-4-1-2-6-12(10)16-13/h10-13,16H,1-9H2,(H,19,20). The first-order valence-electron chi connectivity index (χ1n) is 7.93. The Hall–Kier alpha value is -1.10. The number of hydrogen-bond donors (Lipinski definition) is 2. The lowest BCUT2D eigenvalue weighted by Crippen LogP contribution is -2.50. The first-order chi connectivity index (χ1) is 9.65. The van der Waals surface area contributed by atoms with Gasteiger partial charge in [0.2, 0.25) is 5.91 Å². The second-order valence-corrected chi connectivity index (χ2v) is 6.57. The van der Waals surface area contributed by atoms with Crippen LogP contribution < -0.4 is 5.32 Å². The SMILES string of the molecule is O=C(O)C1CCCN(C(=O)C2CC3CCCCC3N2)C1. The van der Waals surface area contributed by atoms with E-state index in [-0.39, 0.29) is 17.9 Å². The van der Waals surface area contributed by atoms with E-state index in [2.05, 4.69) is 5.32 Å². The molecule has 4 unspecified atom stereocenters. The Balaban J connectivity index is 1.60. The summed E-state index contributed by atoms with van der Waals surface area (Å²) >= 11 is 0. The molecule has 0 aromatic rings. The average Bonchev–Trinajstić information content (AvgIpc) is 2.90. The fourth-order valence-corrected chi connectivity index (χ4v) is 4.11. The maximum absolute atomic E-state index is 12.6. The van der Waals surface area contributed by atoms with Gasteiger partial charge in [0.05, 0.1) is 12.0 Å². The van der Waals surface area contributed by atoms with Gasteiger partial charge in [-0.3, -0.25) is 9.59 Å². The number of carbonyl (C=O) groups excluding carboxylic acids is 1. The molecule has 2 saturated heterocycles. The highest BCUT2D eigenvalue weighted by atomic mass is 16.4. The van der Waals surface area contributed by atoms with Crippen LogP contribution in [0.1, 0.15) is 44.9 Å². The minimum Gasteiger partial charge on any atom is -0.481 e. The van der Waals surface area contributed by atoms with E-state index >= 15 is 0 Å². The van der Waals surface area contributed by atoms with Crippen molar-refractivity contribution >= 4 is 11.9 Å². The van der Waals surface area contributed by atoms with E-state index in [4.69, 9.17) is 5.11 Å². The molecular weight excluding hydrogens is 256 g/mol. The highest BCUT2D eigenvalue weighted by Crippen LogP contribution is 2.34. The zero-order valence-electron chi connectivity index (χ0n) is 11.9. The predicted molar refractivity (Wildman–Crippen MR) is 74.2 cm³/mol. The van der Waals surface area contributed by atoms with Crippen molar-refractivity contribution in [2.75, 3.05) is 13.1 Å². The van der Waals surface area contributed by atoms with E-state index in [0.29, 0.717) is 24.9 Å². The van der Waals surface area contributed by atoms with Gasteiger partial charge in [0.25, 0.3) is 0 Å². The summed E-state index contributed by atoms with van der Waals surface area (Å²) in [6.07, 6.45) is 7.42. The summed E-state index contributed by atoms with van der Waals surface area (Å²) in [5, 5.41) is 12.6. The van der Waals surface area contributed by atoms with Crippen molar-refractivity contribution in [3.63, 3.8) is 0 Å². The number of carbonyl (C=O) groups is 2. The molecule has 0 aromatic carbocycles. The summed E-state index contributed by atoms with van der Waals surface area (Å²) in [5.41, 5.74) is 0. The molecule has 2 heterocycles. The smallest absolute Gasteiger partial charge is 0.308 e. The van der Waals surface area contributed by atoms with Crippen LogP contribution in [-0.4, -0.2) is 47.1 Å². The van der Waals surface area contributed by atoms with Crippen molar-refractivity contribution in [1.29, 1.82) is 0 Å². The molecule has 0 bridgehead atoms. The first kappa shape index (κ1) is 13.9. The van der Waals surface area contributed by atoms with Gasteiger partial charge < -0.3 is 15.3 Å². The molecule has 0 radical (unpaired) electrons. The lowest BCUT2D eigenvalue weighted by atomic mass is 9.85. The Morgan fingerprint density at radius 2 is 1.90 bits per heavy atom. The largest absolute Gasteiger partial charge is 0.481 e. The predicted octanol–water partition coefficient (Wildman–Crippen LogP) is 1.23. The third-order valence-corrected chi connectivity index (χ3v) is 5.24. The minimum atomic E-state index is -0.768. The molecule has 3 fully saturated rings. The molecule has 20 heavy (non-hydrogen) atoms. The van der Waals surface area contributed by atoms with Crippen molar-refractivity contribution in [3.8, 4) is 0 Å². The van der Waals surface area contributed by atoms with Gasteiger partial charge >= 0.3 is 5.97 Å². The lowest BCUT2D eigenvalue weighted by Gasteiger charge is -2.32. The van der Waals surface area contributed by atoms with Crippen molar-refractivity contribution in [2.45, 2.75) is 57.0 Å². The third-order valence-electron chi connectivity index (χ3n) is 5.24. The number of amides is 1.